The van der Waals surface area contributed by atoms with Crippen LogP contribution in [0, 0.1) is 11.7 Å². The average Bonchev–Trinajstić information content (AvgIpc) is 2.48. The minimum atomic E-state index is -0.360. The molecule has 0 saturated heterocycles. The molecule has 0 heterocycles. The third kappa shape index (κ3) is 5.39. The third-order valence-corrected chi connectivity index (χ3v) is 4.24. The van der Waals surface area contributed by atoms with E-state index in [1.54, 1.807) is 12.1 Å². The van der Waals surface area contributed by atoms with Gasteiger partial charge in [0.25, 0.3) is 0 Å². The number of hydrogen-bond acceptors (Lipinski definition) is 3. The zero-order valence-electron chi connectivity index (χ0n) is 13.1. The first kappa shape index (κ1) is 16.9. The number of amides is 1. The highest BCUT2D eigenvalue weighted by Gasteiger charge is 2.24. The lowest BCUT2D eigenvalue weighted by molar-refractivity contribution is -0.116. The number of anilines is 1. The Hall–Kier alpha value is -1.46. The predicted octanol–water partition coefficient (Wildman–Crippen LogP) is 2.64. The number of hydrogen-bond donors (Lipinski definition) is 2. The van der Waals surface area contributed by atoms with Crippen LogP contribution in [-0.2, 0) is 4.79 Å². The average molecular weight is 308 g/mol. The van der Waals surface area contributed by atoms with Crippen molar-refractivity contribution in [3.63, 3.8) is 0 Å². The number of carbonyl (C=O) groups is 1. The summed E-state index contributed by atoms with van der Waals surface area (Å²) in [7, 11) is 1.97. The number of halogens is 1. The Balaban J connectivity index is 1.71. The van der Waals surface area contributed by atoms with Crippen molar-refractivity contribution in [2.75, 3.05) is 25.5 Å². The monoisotopic (exact) mass is 308 g/mol. The maximum atomic E-state index is 13.0. The topological polar surface area (TPSA) is 52.6 Å². The molecule has 2 atom stereocenters. The van der Waals surface area contributed by atoms with E-state index in [1.807, 2.05) is 7.05 Å². The molecule has 2 N–H and O–H groups in total. The van der Waals surface area contributed by atoms with Gasteiger partial charge in [0, 0.05) is 25.2 Å². The molecule has 0 spiro atoms. The Kier molecular flexibility index (Phi) is 6.34. The van der Waals surface area contributed by atoms with E-state index in [0.717, 1.165) is 25.8 Å². The molecule has 0 bridgehead atoms. The molecule has 1 fully saturated rings. The molecule has 1 aliphatic carbocycles. The molecular weight excluding hydrogens is 283 g/mol. The Morgan fingerprint density at radius 2 is 2.18 bits per heavy atom. The summed E-state index contributed by atoms with van der Waals surface area (Å²) >= 11 is 0. The molecule has 0 aliphatic heterocycles. The van der Waals surface area contributed by atoms with E-state index in [-0.39, 0.29) is 17.8 Å². The van der Waals surface area contributed by atoms with Crippen LogP contribution in [0.4, 0.5) is 10.1 Å². The molecule has 0 radical (unpaired) electrons. The van der Waals surface area contributed by atoms with Gasteiger partial charge in [-0.3, -0.25) is 4.79 Å². The van der Waals surface area contributed by atoms with E-state index < -0.39 is 0 Å². The van der Waals surface area contributed by atoms with Gasteiger partial charge in [-0.05, 0) is 44.0 Å². The molecule has 0 unspecified atom stereocenters. The fourth-order valence-corrected chi connectivity index (χ4v) is 2.97. The zero-order valence-corrected chi connectivity index (χ0v) is 13.1. The zero-order chi connectivity index (χ0) is 15.9. The van der Waals surface area contributed by atoms with Crippen LogP contribution in [0.15, 0.2) is 24.3 Å². The van der Waals surface area contributed by atoms with Crippen LogP contribution in [0.25, 0.3) is 0 Å². The fraction of sp³-hybridized carbons (Fsp3) is 0.588. The number of rotatable bonds is 6. The van der Waals surface area contributed by atoms with Crippen molar-refractivity contribution in [1.82, 2.24) is 4.90 Å². The normalized spacial score (nSPS) is 21.8. The van der Waals surface area contributed by atoms with Crippen molar-refractivity contribution in [3.8, 4) is 0 Å². The molecule has 5 heteroatoms. The third-order valence-electron chi connectivity index (χ3n) is 4.24. The van der Waals surface area contributed by atoms with Crippen molar-refractivity contribution < 1.29 is 14.3 Å². The lowest BCUT2D eigenvalue weighted by Crippen LogP contribution is -2.36. The summed E-state index contributed by atoms with van der Waals surface area (Å²) in [6.07, 6.45) is 4.37. The van der Waals surface area contributed by atoms with Gasteiger partial charge in [-0.2, -0.15) is 0 Å². The van der Waals surface area contributed by atoms with Crippen molar-refractivity contribution in [1.29, 1.82) is 0 Å². The highest BCUT2D eigenvalue weighted by molar-refractivity contribution is 5.90. The number of benzene rings is 1. The molecule has 0 aromatic heterocycles. The summed E-state index contributed by atoms with van der Waals surface area (Å²) < 4.78 is 13.0. The van der Waals surface area contributed by atoms with Crippen LogP contribution in [0.5, 0.6) is 0 Å². The van der Waals surface area contributed by atoms with Gasteiger partial charge < -0.3 is 15.3 Å². The maximum Gasteiger partial charge on any atom is 0.225 e. The van der Waals surface area contributed by atoms with Gasteiger partial charge in [-0.1, -0.05) is 18.9 Å². The van der Waals surface area contributed by atoms with Crippen LogP contribution < -0.4 is 5.32 Å². The Morgan fingerprint density at radius 1 is 1.41 bits per heavy atom. The predicted molar refractivity (Wildman–Crippen MR) is 85.1 cm³/mol. The van der Waals surface area contributed by atoms with E-state index in [0.29, 0.717) is 24.6 Å². The van der Waals surface area contributed by atoms with Crippen molar-refractivity contribution in [3.05, 3.63) is 30.1 Å². The lowest BCUT2D eigenvalue weighted by Gasteiger charge is -2.31. The number of aliphatic hydroxyl groups excluding tert-OH is 1. The van der Waals surface area contributed by atoms with Gasteiger partial charge in [0.05, 0.1) is 6.10 Å². The number of aliphatic hydroxyl groups is 1. The fourth-order valence-electron chi connectivity index (χ4n) is 2.97. The van der Waals surface area contributed by atoms with Crippen molar-refractivity contribution in [2.24, 2.45) is 5.92 Å². The standard InChI is InChI=1S/C17H25FN2O2/c1-20(12-13-5-2-3-8-16(13)21)10-9-17(22)19-15-7-4-6-14(18)11-15/h4,6-7,11,13,16,21H,2-3,5,8-10,12H2,1H3,(H,19,22)/t13-,16-/m1/s1. The van der Waals surface area contributed by atoms with Crippen molar-refractivity contribution >= 4 is 11.6 Å². The molecule has 1 aromatic carbocycles. The lowest BCUT2D eigenvalue weighted by atomic mass is 9.86. The first-order chi connectivity index (χ1) is 10.5. The highest BCUT2D eigenvalue weighted by Crippen LogP contribution is 2.24. The summed E-state index contributed by atoms with van der Waals surface area (Å²) in [5, 5.41) is 12.7. The van der Waals surface area contributed by atoms with E-state index in [4.69, 9.17) is 0 Å². The van der Waals surface area contributed by atoms with Gasteiger partial charge in [-0.15, -0.1) is 0 Å². The van der Waals surface area contributed by atoms with E-state index in [9.17, 15) is 14.3 Å². The van der Waals surface area contributed by atoms with Gasteiger partial charge >= 0.3 is 0 Å². The highest BCUT2D eigenvalue weighted by atomic mass is 19.1. The van der Waals surface area contributed by atoms with E-state index >= 15 is 0 Å². The second kappa shape index (κ2) is 8.25. The molecule has 1 amide bonds. The molecule has 22 heavy (non-hydrogen) atoms. The van der Waals surface area contributed by atoms with Crippen LogP contribution in [-0.4, -0.2) is 42.2 Å². The number of carbonyl (C=O) groups excluding carboxylic acids is 1. The van der Waals surface area contributed by atoms with Crippen molar-refractivity contribution in [2.45, 2.75) is 38.2 Å². The van der Waals surface area contributed by atoms with Gasteiger partial charge in [-0.25, -0.2) is 4.39 Å². The van der Waals surface area contributed by atoms with E-state index in [1.165, 1.54) is 18.6 Å². The first-order valence-electron chi connectivity index (χ1n) is 7.96. The first-order valence-corrected chi connectivity index (χ1v) is 7.96. The summed E-state index contributed by atoms with van der Waals surface area (Å²) in [5.74, 6) is -0.173. The van der Waals surface area contributed by atoms with Gasteiger partial charge in [0.1, 0.15) is 5.82 Å². The Bertz CT molecular complexity index is 495. The smallest absolute Gasteiger partial charge is 0.225 e. The number of nitrogens with zero attached hydrogens (tertiary/aromatic N) is 1. The number of nitrogens with one attached hydrogen (secondary N) is 1. The van der Waals surface area contributed by atoms with Crippen LogP contribution in [0.3, 0.4) is 0 Å². The summed E-state index contributed by atoms with van der Waals surface area (Å²) in [5.41, 5.74) is 0.482. The van der Waals surface area contributed by atoms with Crippen LogP contribution in [0.1, 0.15) is 32.1 Å². The molecule has 1 aromatic rings. The summed E-state index contributed by atoms with van der Waals surface area (Å²) in [6, 6.07) is 5.89. The second-order valence-corrected chi connectivity index (χ2v) is 6.18. The molecule has 122 valence electrons. The molecule has 2 rings (SSSR count). The largest absolute Gasteiger partial charge is 0.393 e. The minimum Gasteiger partial charge on any atom is -0.393 e. The molecule has 1 aliphatic rings. The summed E-state index contributed by atoms with van der Waals surface area (Å²) in [6.45, 7) is 1.44. The Labute approximate surface area is 131 Å². The SMILES string of the molecule is CN(CCC(=O)Nc1cccc(F)c1)C[C@H]1CCCC[C@H]1O. The van der Waals surface area contributed by atoms with Crippen LogP contribution >= 0.6 is 0 Å². The minimum absolute atomic E-state index is 0.123. The summed E-state index contributed by atoms with van der Waals surface area (Å²) in [4.78, 5) is 14.0. The quantitative estimate of drug-likeness (QED) is 0.849. The second-order valence-electron chi connectivity index (χ2n) is 6.18. The molecule has 4 nitrogen and oxygen atoms in total. The van der Waals surface area contributed by atoms with E-state index in [2.05, 4.69) is 10.2 Å². The molecular formula is C17H25FN2O2. The van der Waals surface area contributed by atoms with Gasteiger partial charge in [0.2, 0.25) is 5.91 Å². The molecule has 1 saturated carbocycles. The van der Waals surface area contributed by atoms with Gasteiger partial charge in [0.15, 0.2) is 0 Å². The maximum absolute atomic E-state index is 13.0. The Morgan fingerprint density at radius 3 is 2.91 bits per heavy atom. The van der Waals surface area contributed by atoms with Crippen LogP contribution in [0.2, 0.25) is 0 Å².